The normalized spacial score (nSPS) is 21.2. The highest BCUT2D eigenvalue weighted by Crippen LogP contribution is 2.17. The molecule has 0 radical (unpaired) electrons. The van der Waals surface area contributed by atoms with Gasteiger partial charge in [-0.3, -0.25) is 0 Å². The predicted molar refractivity (Wildman–Crippen MR) is 76.9 cm³/mol. The topological polar surface area (TPSA) is 74.6 Å². The van der Waals surface area contributed by atoms with Crippen LogP contribution in [0.25, 0.3) is 0 Å². The van der Waals surface area contributed by atoms with E-state index in [0.717, 1.165) is 25.9 Å². The third-order valence-corrected chi connectivity index (χ3v) is 5.21. The van der Waals surface area contributed by atoms with Crippen LogP contribution in [0.5, 0.6) is 0 Å². The number of aliphatic hydroxyl groups is 1. The fraction of sp³-hybridized carbons (Fsp3) is 0.692. The molecule has 2 rings (SSSR count). The monoisotopic (exact) mass is 301 g/mol. The summed E-state index contributed by atoms with van der Waals surface area (Å²) in [7, 11) is -1.52. The number of sulfonamides is 1. The van der Waals surface area contributed by atoms with E-state index >= 15 is 0 Å². The third kappa shape index (κ3) is 3.41. The zero-order chi connectivity index (χ0) is 14.8. The highest BCUT2D eigenvalue weighted by Gasteiger charge is 2.25. The number of rotatable bonds is 5. The number of aryl methyl sites for hydroxylation is 1. The van der Waals surface area contributed by atoms with Gasteiger partial charge in [0.05, 0.1) is 11.5 Å². The first kappa shape index (κ1) is 15.5. The smallest absolute Gasteiger partial charge is 0.242 e. The number of nitrogens with one attached hydrogen (secondary N) is 1. The van der Waals surface area contributed by atoms with Crippen molar-refractivity contribution in [3.63, 3.8) is 0 Å². The lowest BCUT2D eigenvalue weighted by atomic mass is 10.1. The van der Waals surface area contributed by atoms with Gasteiger partial charge in [-0.05, 0) is 39.4 Å². The maximum absolute atomic E-state index is 12.4. The molecule has 0 aliphatic carbocycles. The lowest BCUT2D eigenvalue weighted by Gasteiger charge is -2.29. The lowest BCUT2D eigenvalue weighted by Crippen LogP contribution is -2.46. The van der Waals surface area contributed by atoms with Crippen LogP contribution in [0.1, 0.15) is 25.5 Å². The molecule has 1 aromatic heterocycles. The third-order valence-electron chi connectivity index (χ3n) is 3.72. The molecular weight excluding hydrogens is 278 g/mol. The molecule has 6 nitrogen and oxygen atoms in total. The summed E-state index contributed by atoms with van der Waals surface area (Å²) in [6, 6.07) is 1.50. The van der Waals surface area contributed by atoms with Gasteiger partial charge in [-0.2, -0.15) is 0 Å². The second-order valence-corrected chi connectivity index (χ2v) is 7.05. The average molecular weight is 301 g/mol. The Morgan fingerprint density at radius 3 is 2.80 bits per heavy atom. The van der Waals surface area contributed by atoms with Crippen molar-refractivity contribution in [1.82, 2.24) is 14.2 Å². The van der Waals surface area contributed by atoms with E-state index in [2.05, 4.69) is 9.62 Å². The van der Waals surface area contributed by atoms with E-state index in [4.69, 9.17) is 0 Å². The van der Waals surface area contributed by atoms with Crippen LogP contribution in [0.15, 0.2) is 17.2 Å². The van der Waals surface area contributed by atoms with Gasteiger partial charge in [0.25, 0.3) is 0 Å². The average Bonchev–Trinajstić information content (AvgIpc) is 2.82. The molecule has 0 saturated carbocycles. The number of likely N-dealkylation sites (tertiary alicyclic amines) is 1. The van der Waals surface area contributed by atoms with Crippen LogP contribution in [0, 0.1) is 0 Å². The van der Waals surface area contributed by atoms with E-state index in [9.17, 15) is 13.5 Å². The Labute approximate surface area is 120 Å². The summed E-state index contributed by atoms with van der Waals surface area (Å²) in [5.74, 6) is 0. The maximum atomic E-state index is 12.4. The molecule has 1 unspecified atom stereocenters. The summed E-state index contributed by atoms with van der Waals surface area (Å²) in [6.07, 6.45) is 3.45. The molecule has 7 heteroatoms. The van der Waals surface area contributed by atoms with Gasteiger partial charge >= 0.3 is 0 Å². The Bertz CT molecular complexity index is 532. The van der Waals surface area contributed by atoms with Crippen molar-refractivity contribution >= 4 is 10.0 Å². The van der Waals surface area contributed by atoms with Crippen LogP contribution >= 0.6 is 0 Å². The van der Waals surface area contributed by atoms with Gasteiger partial charge in [-0.1, -0.05) is 0 Å². The number of hydrogen-bond donors (Lipinski definition) is 2. The lowest BCUT2D eigenvalue weighted by molar-refractivity contribution is 0.242. The van der Waals surface area contributed by atoms with Gasteiger partial charge in [0, 0.05) is 31.0 Å². The van der Waals surface area contributed by atoms with Gasteiger partial charge in [0.1, 0.15) is 0 Å². The molecule has 1 aliphatic heterocycles. The van der Waals surface area contributed by atoms with Crippen LogP contribution in [-0.2, 0) is 23.2 Å². The largest absolute Gasteiger partial charge is 0.390 e. The van der Waals surface area contributed by atoms with Crippen molar-refractivity contribution in [3.8, 4) is 0 Å². The molecule has 2 heterocycles. The van der Waals surface area contributed by atoms with E-state index in [1.54, 1.807) is 16.8 Å². The highest BCUT2D eigenvalue weighted by atomic mass is 32.2. The number of aliphatic hydroxyl groups excluding tert-OH is 1. The summed E-state index contributed by atoms with van der Waals surface area (Å²) in [4.78, 5) is 2.36. The van der Waals surface area contributed by atoms with Crippen LogP contribution in [0.2, 0.25) is 0 Å². The summed E-state index contributed by atoms with van der Waals surface area (Å²) in [6.45, 7) is 4.14. The van der Waals surface area contributed by atoms with Crippen LogP contribution in [0.4, 0.5) is 0 Å². The van der Waals surface area contributed by atoms with Crippen LogP contribution in [0.3, 0.4) is 0 Å². The minimum Gasteiger partial charge on any atom is -0.390 e. The van der Waals surface area contributed by atoms with Crippen LogP contribution in [-0.4, -0.2) is 49.2 Å². The standard InChI is InChI=1S/C13H23N3O3S/c1-3-16-9-13(7-12(16)10-17)20(18,19)14-11-5-4-6-15(2)8-11/h7,9,11,14,17H,3-6,8,10H2,1-2H3. The number of likely N-dealkylation sites (N-methyl/N-ethyl adjacent to an activating group) is 1. The molecule has 114 valence electrons. The fourth-order valence-corrected chi connectivity index (χ4v) is 3.97. The Balaban J connectivity index is 2.15. The highest BCUT2D eigenvalue weighted by molar-refractivity contribution is 7.89. The van der Waals surface area contributed by atoms with Gasteiger partial charge in [-0.25, -0.2) is 13.1 Å². The summed E-state index contributed by atoms with van der Waals surface area (Å²) >= 11 is 0. The van der Waals surface area contributed by atoms with Crippen LogP contribution < -0.4 is 4.72 Å². The molecule has 0 amide bonds. The Kier molecular flexibility index (Phi) is 4.85. The minimum absolute atomic E-state index is 0.0405. The molecule has 1 aliphatic rings. The Morgan fingerprint density at radius 2 is 2.25 bits per heavy atom. The molecule has 1 aromatic rings. The first-order valence-corrected chi connectivity index (χ1v) is 8.45. The van der Waals surface area contributed by atoms with Gasteiger partial charge in [-0.15, -0.1) is 0 Å². The summed E-state index contributed by atoms with van der Waals surface area (Å²) in [5, 5.41) is 9.24. The maximum Gasteiger partial charge on any atom is 0.242 e. The molecule has 0 bridgehead atoms. The van der Waals surface area contributed by atoms with Crippen molar-refractivity contribution < 1.29 is 13.5 Å². The molecule has 1 fully saturated rings. The molecule has 20 heavy (non-hydrogen) atoms. The van der Waals surface area contributed by atoms with Crippen molar-refractivity contribution in [1.29, 1.82) is 0 Å². The molecular formula is C13H23N3O3S. The molecule has 1 atom stereocenters. The molecule has 1 saturated heterocycles. The molecule has 0 spiro atoms. The molecule has 0 aromatic carbocycles. The minimum atomic E-state index is -3.51. The van der Waals surface area contributed by atoms with E-state index in [1.807, 2.05) is 14.0 Å². The fourth-order valence-electron chi connectivity index (χ4n) is 2.65. The van der Waals surface area contributed by atoms with Gasteiger partial charge < -0.3 is 14.6 Å². The number of aromatic nitrogens is 1. The van der Waals surface area contributed by atoms with E-state index < -0.39 is 10.0 Å². The summed E-state index contributed by atoms with van der Waals surface area (Å²) < 4.78 is 29.3. The SMILES string of the molecule is CCn1cc(S(=O)(=O)NC2CCCN(C)C2)cc1CO. The van der Waals surface area contributed by atoms with Crippen molar-refractivity contribution in [2.24, 2.45) is 0 Å². The van der Waals surface area contributed by atoms with Gasteiger partial charge in [0.2, 0.25) is 10.0 Å². The summed E-state index contributed by atoms with van der Waals surface area (Å²) in [5.41, 5.74) is 0.619. The van der Waals surface area contributed by atoms with Crippen molar-refractivity contribution in [2.45, 2.75) is 43.9 Å². The van der Waals surface area contributed by atoms with E-state index in [-0.39, 0.29) is 17.5 Å². The number of piperidine rings is 1. The zero-order valence-electron chi connectivity index (χ0n) is 12.0. The second kappa shape index (κ2) is 6.26. The quantitative estimate of drug-likeness (QED) is 0.824. The first-order valence-electron chi connectivity index (χ1n) is 6.97. The van der Waals surface area contributed by atoms with E-state index in [1.165, 1.54) is 0 Å². The molecule has 2 N–H and O–H groups in total. The number of nitrogens with zero attached hydrogens (tertiary/aromatic N) is 2. The first-order chi connectivity index (χ1) is 9.46. The van der Waals surface area contributed by atoms with Gasteiger partial charge in [0.15, 0.2) is 0 Å². The predicted octanol–water partition coefficient (Wildman–Crippen LogP) is 0.373. The second-order valence-electron chi connectivity index (χ2n) is 5.33. The number of hydrogen-bond acceptors (Lipinski definition) is 4. The van der Waals surface area contributed by atoms with E-state index in [0.29, 0.717) is 12.2 Å². The van der Waals surface area contributed by atoms with Crippen molar-refractivity contribution in [3.05, 3.63) is 18.0 Å². The Morgan fingerprint density at radius 1 is 1.50 bits per heavy atom. The van der Waals surface area contributed by atoms with Crippen molar-refractivity contribution in [2.75, 3.05) is 20.1 Å². The Hall–Kier alpha value is -0.890. The zero-order valence-corrected chi connectivity index (χ0v) is 12.9.